The number of ether oxygens (including phenoxy) is 2. The van der Waals surface area contributed by atoms with Crippen molar-refractivity contribution in [2.45, 2.75) is 19.8 Å². The van der Waals surface area contributed by atoms with Crippen molar-refractivity contribution in [3.63, 3.8) is 0 Å². The lowest BCUT2D eigenvalue weighted by molar-refractivity contribution is -0.384. The summed E-state index contributed by atoms with van der Waals surface area (Å²) in [6.45, 7) is 2.77. The van der Waals surface area contributed by atoms with Crippen LogP contribution in [0, 0.1) is 10.1 Å². The van der Waals surface area contributed by atoms with Gasteiger partial charge in [0, 0.05) is 24.4 Å². The van der Waals surface area contributed by atoms with Crippen molar-refractivity contribution in [2.24, 2.45) is 0 Å². The van der Waals surface area contributed by atoms with E-state index in [0.717, 1.165) is 6.42 Å². The summed E-state index contributed by atoms with van der Waals surface area (Å²) >= 11 is 0. The van der Waals surface area contributed by atoms with E-state index in [2.05, 4.69) is 10.1 Å². The molecule has 0 amide bonds. The standard InChI is InChI=1S/C13H18N2O5/c1-3-6-20-12-8-10(7-11(9-12)15(17)18)14-5-4-13(16)19-2/h7-9,14H,3-6H2,1-2H3. The van der Waals surface area contributed by atoms with Crippen molar-refractivity contribution >= 4 is 17.3 Å². The minimum Gasteiger partial charge on any atom is -0.493 e. The van der Waals surface area contributed by atoms with Crippen molar-refractivity contribution in [2.75, 3.05) is 25.6 Å². The van der Waals surface area contributed by atoms with E-state index < -0.39 is 4.92 Å². The Morgan fingerprint density at radius 3 is 2.75 bits per heavy atom. The second kappa shape index (κ2) is 7.98. The molecular formula is C13H18N2O5. The highest BCUT2D eigenvalue weighted by atomic mass is 16.6. The molecule has 0 aliphatic carbocycles. The van der Waals surface area contributed by atoms with Crippen LogP contribution < -0.4 is 10.1 Å². The van der Waals surface area contributed by atoms with Crippen molar-refractivity contribution in [1.29, 1.82) is 0 Å². The van der Waals surface area contributed by atoms with Gasteiger partial charge in [-0.05, 0) is 6.42 Å². The van der Waals surface area contributed by atoms with Gasteiger partial charge in [-0.1, -0.05) is 6.92 Å². The fourth-order valence-corrected chi connectivity index (χ4v) is 1.51. The summed E-state index contributed by atoms with van der Waals surface area (Å²) in [5.74, 6) is 0.0898. The Morgan fingerprint density at radius 1 is 1.40 bits per heavy atom. The van der Waals surface area contributed by atoms with Crippen LogP contribution in [0.4, 0.5) is 11.4 Å². The fraction of sp³-hybridized carbons (Fsp3) is 0.462. The molecule has 0 spiro atoms. The van der Waals surface area contributed by atoms with Crippen LogP contribution in [-0.2, 0) is 9.53 Å². The van der Waals surface area contributed by atoms with Gasteiger partial charge in [0.1, 0.15) is 5.75 Å². The molecule has 0 aliphatic rings. The molecule has 7 nitrogen and oxygen atoms in total. The van der Waals surface area contributed by atoms with Crippen LogP contribution in [0.15, 0.2) is 18.2 Å². The van der Waals surface area contributed by atoms with Gasteiger partial charge in [0.25, 0.3) is 5.69 Å². The first-order valence-electron chi connectivity index (χ1n) is 6.29. The molecule has 7 heteroatoms. The zero-order chi connectivity index (χ0) is 15.0. The first-order chi connectivity index (χ1) is 9.56. The minimum absolute atomic E-state index is 0.0563. The lowest BCUT2D eigenvalue weighted by Gasteiger charge is -2.09. The Balaban J connectivity index is 2.75. The van der Waals surface area contributed by atoms with Crippen molar-refractivity contribution < 1.29 is 19.2 Å². The number of rotatable bonds is 8. The predicted molar refractivity (Wildman–Crippen MR) is 74.0 cm³/mol. The second-order valence-corrected chi connectivity index (χ2v) is 4.07. The van der Waals surface area contributed by atoms with E-state index in [1.54, 1.807) is 6.07 Å². The fourth-order valence-electron chi connectivity index (χ4n) is 1.51. The molecule has 0 bridgehead atoms. The molecule has 0 unspecified atom stereocenters. The van der Waals surface area contributed by atoms with E-state index in [-0.39, 0.29) is 18.1 Å². The number of hydrogen-bond acceptors (Lipinski definition) is 6. The van der Waals surface area contributed by atoms with E-state index in [9.17, 15) is 14.9 Å². The maximum absolute atomic E-state index is 11.0. The summed E-state index contributed by atoms with van der Waals surface area (Å²) in [6.07, 6.45) is 0.998. The molecule has 110 valence electrons. The SMILES string of the molecule is CCCOc1cc(NCCC(=O)OC)cc([N+](=O)[O-])c1. The third-order valence-corrected chi connectivity index (χ3v) is 2.46. The summed E-state index contributed by atoms with van der Waals surface area (Å²) in [5, 5.41) is 13.8. The monoisotopic (exact) mass is 282 g/mol. The summed E-state index contributed by atoms with van der Waals surface area (Å²) in [7, 11) is 1.31. The van der Waals surface area contributed by atoms with Gasteiger partial charge in [0.2, 0.25) is 0 Å². The molecule has 1 rings (SSSR count). The van der Waals surface area contributed by atoms with Gasteiger partial charge in [0.05, 0.1) is 31.1 Å². The molecule has 1 aromatic rings. The molecule has 0 saturated carbocycles. The number of carbonyl (C=O) groups excluding carboxylic acids is 1. The number of nitrogens with zero attached hydrogens (tertiary/aromatic N) is 1. The summed E-state index contributed by atoms with van der Waals surface area (Å²) in [6, 6.07) is 4.44. The lowest BCUT2D eigenvalue weighted by Crippen LogP contribution is -2.10. The first kappa shape index (κ1) is 15.7. The topological polar surface area (TPSA) is 90.7 Å². The molecule has 1 N–H and O–H groups in total. The molecule has 0 atom stereocenters. The van der Waals surface area contributed by atoms with E-state index in [0.29, 0.717) is 24.6 Å². The maximum atomic E-state index is 11.0. The van der Waals surface area contributed by atoms with E-state index in [1.165, 1.54) is 19.2 Å². The third-order valence-electron chi connectivity index (χ3n) is 2.46. The van der Waals surface area contributed by atoms with Gasteiger partial charge < -0.3 is 14.8 Å². The lowest BCUT2D eigenvalue weighted by atomic mass is 10.2. The highest BCUT2D eigenvalue weighted by Crippen LogP contribution is 2.26. The van der Waals surface area contributed by atoms with Crippen LogP contribution in [0.5, 0.6) is 5.75 Å². The Hall–Kier alpha value is -2.31. The van der Waals surface area contributed by atoms with Crippen LogP contribution in [-0.4, -0.2) is 31.2 Å². The predicted octanol–water partition coefficient (Wildman–Crippen LogP) is 2.36. The van der Waals surface area contributed by atoms with Crippen molar-refractivity contribution in [1.82, 2.24) is 0 Å². The van der Waals surface area contributed by atoms with Gasteiger partial charge in [-0.25, -0.2) is 0 Å². The van der Waals surface area contributed by atoms with E-state index >= 15 is 0 Å². The molecule has 0 radical (unpaired) electrons. The Bertz CT molecular complexity index is 476. The van der Waals surface area contributed by atoms with Gasteiger partial charge in [0.15, 0.2) is 0 Å². The van der Waals surface area contributed by atoms with Crippen molar-refractivity contribution in [3.8, 4) is 5.75 Å². The molecule has 0 aliphatic heterocycles. The molecule has 20 heavy (non-hydrogen) atoms. The Labute approximate surface area is 117 Å². The maximum Gasteiger partial charge on any atom is 0.307 e. The number of nitrogens with one attached hydrogen (secondary N) is 1. The number of esters is 1. The number of benzene rings is 1. The molecule has 1 aromatic carbocycles. The average molecular weight is 282 g/mol. The zero-order valence-corrected chi connectivity index (χ0v) is 11.5. The van der Waals surface area contributed by atoms with E-state index in [4.69, 9.17) is 4.74 Å². The summed E-state index contributed by atoms with van der Waals surface area (Å²) < 4.78 is 9.91. The van der Waals surface area contributed by atoms with Crippen LogP contribution >= 0.6 is 0 Å². The van der Waals surface area contributed by atoms with Gasteiger partial charge >= 0.3 is 5.97 Å². The highest BCUT2D eigenvalue weighted by Gasteiger charge is 2.11. The summed E-state index contributed by atoms with van der Waals surface area (Å²) in [5.41, 5.74) is 0.480. The van der Waals surface area contributed by atoms with Crippen molar-refractivity contribution in [3.05, 3.63) is 28.3 Å². The van der Waals surface area contributed by atoms with Gasteiger partial charge in [-0.15, -0.1) is 0 Å². The molecule has 0 aromatic heterocycles. The number of nitro benzene ring substituents is 1. The van der Waals surface area contributed by atoms with Crippen LogP contribution in [0.1, 0.15) is 19.8 Å². The number of non-ortho nitro benzene ring substituents is 1. The number of carbonyl (C=O) groups is 1. The largest absolute Gasteiger partial charge is 0.493 e. The Morgan fingerprint density at radius 2 is 2.15 bits per heavy atom. The second-order valence-electron chi connectivity index (χ2n) is 4.07. The number of nitro groups is 1. The quantitative estimate of drug-likeness (QED) is 0.447. The van der Waals surface area contributed by atoms with Crippen LogP contribution in [0.25, 0.3) is 0 Å². The first-order valence-corrected chi connectivity index (χ1v) is 6.29. The molecule has 0 fully saturated rings. The van der Waals surface area contributed by atoms with Crippen LogP contribution in [0.3, 0.4) is 0 Å². The van der Waals surface area contributed by atoms with E-state index in [1.807, 2.05) is 6.92 Å². The van der Waals surface area contributed by atoms with Gasteiger partial charge in [-0.3, -0.25) is 14.9 Å². The zero-order valence-electron chi connectivity index (χ0n) is 11.5. The summed E-state index contributed by atoms with van der Waals surface area (Å²) in [4.78, 5) is 21.4. The van der Waals surface area contributed by atoms with Crippen LogP contribution in [0.2, 0.25) is 0 Å². The smallest absolute Gasteiger partial charge is 0.307 e. The molecule has 0 heterocycles. The van der Waals surface area contributed by atoms with Gasteiger partial charge in [-0.2, -0.15) is 0 Å². The number of anilines is 1. The Kier molecular flexibility index (Phi) is 6.28. The number of hydrogen-bond donors (Lipinski definition) is 1. The minimum atomic E-state index is -0.482. The number of methoxy groups -OCH3 is 1. The third kappa shape index (κ3) is 5.13. The molecule has 0 saturated heterocycles. The normalized spacial score (nSPS) is 9.90. The highest BCUT2D eigenvalue weighted by molar-refractivity contribution is 5.70. The average Bonchev–Trinajstić information content (AvgIpc) is 2.44. The molecular weight excluding hydrogens is 264 g/mol.